The summed E-state index contributed by atoms with van der Waals surface area (Å²) in [5.41, 5.74) is 6.57. The maximum atomic E-state index is 5.57. The van der Waals surface area contributed by atoms with E-state index in [1.165, 1.54) is 0 Å². The molecule has 0 aliphatic heterocycles. The van der Waals surface area contributed by atoms with Gasteiger partial charge in [-0.05, 0) is 13.8 Å². The van der Waals surface area contributed by atoms with Crippen molar-refractivity contribution >= 4 is 11.3 Å². The van der Waals surface area contributed by atoms with Gasteiger partial charge in [0, 0.05) is 11.4 Å². The number of nitrogens with two attached hydrogens (primary N) is 1. The van der Waals surface area contributed by atoms with Crippen molar-refractivity contribution in [3.63, 3.8) is 0 Å². The van der Waals surface area contributed by atoms with Gasteiger partial charge in [0.15, 0.2) is 0 Å². The minimum absolute atomic E-state index is 0.0787. The van der Waals surface area contributed by atoms with E-state index in [2.05, 4.69) is 4.98 Å². The van der Waals surface area contributed by atoms with Crippen LogP contribution in [0.4, 0.5) is 0 Å². The lowest BCUT2D eigenvalue weighted by Crippen LogP contribution is -2.04. The average Bonchev–Trinajstić information content (AvgIpc) is 2.14. The van der Waals surface area contributed by atoms with E-state index in [4.69, 9.17) is 5.73 Å². The van der Waals surface area contributed by atoms with Gasteiger partial charge in [0.05, 0.1) is 10.7 Å². The van der Waals surface area contributed by atoms with Gasteiger partial charge < -0.3 is 5.73 Å². The molecule has 0 radical (unpaired) electrons. The summed E-state index contributed by atoms with van der Waals surface area (Å²) >= 11 is 1.64. The van der Waals surface area contributed by atoms with Crippen molar-refractivity contribution in [1.82, 2.24) is 4.98 Å². The molecule has 0 spiro atoms. The lowest BCUT2D eigenvalue weighted by molar-refractivity contribution is 0.786. The van der Waals surface area contributed by atoms with E-state index in [1.807, 2.05) is 19.2 Å². The minimum atomic E-state index is 0.0787. The highest BCUT2D eigenvalue weighted by molar-refractivity contribution is 7.09. The fourth-order valence-corrected chi connectivity index (χ4v) is 1.31. The van der Waals surface area contributed by atoms with E-state index in [0.29, 0.717) is 0 Å². The third-order valence-electron chi connectivity index (χ3n) is 1.10. The van der Waals surface area contributed by atoms with Crippen molar-refractivity contribution in [3.05, 3.63) is 16.1 Å². The summed E-state index contributed by atoms with van der Waals surface area (Å²) in [4.78, 5) is 4.20. The van der Waals surface area contributed by atoms with E-state index in [9.17, 15) is 0 Å². The monoisotopic (exact) mass is 142 g/mol. The van der Waals surface area contributed by atoms with Crippen molar-refractivity contribution in [3.8, 4) is 0 Å². The first-order chi connectivity index (χ1) is 4.20. The van der Waals surface area contributed by atoms with Gasteiger partial charge in [0.1, 0.15) is 0 Å². The Balaban J connectivity index is 2.85. The molecule has 0 saturated heterocycles. The molecular formula is C6H10N2S. The van der Waals surface area contributed by atoms with Gasteiger partial charge >= 0.3 is 0 Å². The van der Waals surface area contributed by atoms with Gasteiger partial charge in [-0.2, -0.15) is 0 Å². The highest BCUT2D eigenvalue weighted by atomic mass is 32.1. The maximum Gasteiger partial charge on any atom is 0.0898 e. The Morgan fingerprint density at radius 1 is 1.78 bits per heavy atom. The molecule has 1 heterocycles. The van der Waals surface area contributed by atoms with Gasteiger partial charge in [-0.25, -0.2) is 4.98 Å². The maximum absolute atomic E-state index is 5.57. The Bertz CT molecular complexity index is 193. The fraction of sp³-hybridized carbons (Fsp3) is 0.500. The second-order valence-corrected chi connectivity index (χ2v) is 3.14. The van der Waals surface area contributed by atoms with Crippen molar-refractivity contribution < 1.29 is 0 Å². The zero-order chi connectivity index (χ0) is 6.85. The molecule has 3 heteroatoms. The molecule has 2 nitrogen and oxygen atoms in total. The quantitative estimate of drug-likeness (QED) is 0.645. The van der Waals surface area contributed by atoms with Crippen LogP contribution < -0.4 is 5.73 Å². The fourth-order valence-electron chi connectivity index (χ4n) is 0.589. The molecule has 0 saturated carbocycles. The first kappa shape index (κ1) is 6.71. The zero-order valence-electron chi connectivity index (χ0n) is 5.59. The summed E-state index contributed by atoms with van der Waals surface area (Å²) in [5, 5.41) is 3.09. The summed E-state index contributed by atoms with van der Waals surface area (Å²) in [5.74, 6) is 0. The SMILES string of the molecule is Cc1nc([C@H](C)N)cs1. The Labute approximate surface area is 58.7 Å². The van der Waals surface area contributed by atoms with Crippen molar-refractivity contribution in [1.29, 1.82) is 0 Å². The molecule has 0 bridgehead atoms. The Kier molecular flexibility index (Phi) is 1.83. The molecule has 0 unspecified atom stereocenters. The Morgan fingerprint density at radius 2 is 2.44 bits per heavy atom. The molecular weight excluding hydrogens is 132 g/mol. The molecule has 0 fully saturated rings. The van der Waals surface area contributed by atoms with Gasteiger partial charge in [-0.15, -0.1) is 11.3 Å². The van der Waals surface area contributed by atoms with Gasteiger partial charge in [-0.3, -0.25) is 0 Å². The van der Waals surface area contributed by atoms with Gasteiger partial charge in [-0.1, -0.05) is 0 Å². The predicted molar refractivity (Wildman–Crippen MR) is 39.5 cm³/mol. The summed E-state index contributed by atoms with van der Waals surface area (Å²) in [6, 6.07) is 0.0787. The number of thiazole rings is 1. The first-order valence-corrected chi connectivity index (χ1v) is 3.75. The summed E-state index contributed by atoms with van der Waals surface area (Å²) in [6.45, 7) is 3.92. The van der Waals surface area contributed by atoms with Crippen molar-refractivity contribution in [2.75, 3.05) is 0 Å². The molecule has 0 aliphatic rings. The largest absolute Gasteiger partial charge is 0.323 e. The van der Waals surface area contributed by atoms with Crippen LogP contribution in [0.25, 0.3) is 0 Å². The topological polar surface area (TPSA) is 38.9 Å². The van der Waals surface area contributed by atoms with Crippen LogP contribution in [0.3, 0.4) is 0 Å². The molecule has 9 heavy (non-hydrogen) atoms. The van der Waals surface area contributed by atoms with Crippen molar-refractivity contribution in [2.45, 2.75) is 19.9 Å². The van der Waals surface area contributed by atoms with Crippen LogP contribution in [0.5, 0.6) is 0 Å². The number of rotatable bonds is 1. The summed E-state index contributed by atoms with van der Waals surface area (Å²) in [6.07, 6.45) is 0. The predicted octanol–water partition coefficient (Wildman–Crippen LogP) is 1.47. The molecule has 1 rings (SSSR count). The van der Waals surface area contributed by atoms with E-state index in [0.717, 1.165) is 10.7 Å². The highest BCUT2D eigenvalue weighted by Crippen LogP contribution is 2.12. The molecule has 50 valence electrons. The van der Waals surface area contributed by atoms with Crippen molar-refractivity contribution in [2.24, 2.45) is 5.73 Å². The lowest BCUT2D eigenvalue weighted by Gasteiger charge is -1.95. The summed E-state index contributed by atoms with van der Waals surface area (Å²) < 4.78 is 0. The van der Waals surface area contributed by atoms with Gasteiger partial charge in [0.2, 0.25) is 0 Å². The smallest absolute Gasteiger partial charge is 0.0898 e. The van der Waals surface area contributed by atoms with Crippen LogP contribution in [0.15, 0.2) is 5.38 Å². The molecule has 2 N–H and O–H groups in total. The number of hydrogen-bond acceptors (Lipinski definition) is 3. The van der Waals surface area contributed by atoms with Gasteiger partial charge in [0.25, 0.3) is 0 Å². The average molecular weight is 142 g/mol. The highest BCUT2D eigenvalue weighted by Gasteiger charge is 2.01. The third kappa shape index (κ3) is 1.50. The molecule has 1 aromatic heterocycles. The van der Waals surface area contributed by atoms with Crippen LogP contribution in [-0.2, 0) is 0 Å². The Morgan fingerprint density at radius 3 is 2.67 bits per heavy atom. The third-order valence-corrected chi connectivity index (χ3v) is 1.90. The molecule has 1 atom stereocenters. The Hall–Kier alpha value is -0.410. The van der Waals surface area contributed by atoms with E-state index in [-0.39, 0.29) is 6.04 Å². The van der Waals surface area contributed by atoms with E-state index < -0.39 is 0 Å². The number of aryl methyl sites for hydroxylation is 1. The number of nitrogens with zero attached hydrogens (tertiary/aromatic N) is 1. The van der Waals surface area contributed by atoms with Crippen LogP contribution in [0.1, 0.15) is 23.7 Å². The molecule has 0 aliphatic carbocycles. The van der Waals surface area contributed by atoms with Crippen LogP contribution in [0, 0.1) is 6.92 Å². The van der Waals surface area contributed by atoms with Crippen LogP contribution in [-0.4, -0.2) is 4.98 Å². The lowest BCUT2D eigenvalue weighted by atomic mass is 10.3. The zero-order valence-corrected chi connectivity index (χ0v) is 6.40. The normalized spacial score (nSPS) is 13.7. The minimum Gasteiger partial charge on any atom is -0.323 e. The second kappa shape index (κ2) is 2.45. The second-order valence-electron chi connectivity index (χ2n) is 2.08. The van der Waals surface area contributed by atoms with E-state index >= 15 is 0 Å². The number of aromatic nitrogens is 1. The number of hydrogen-bond donors (Lipinski definition) is 1. The molecule has 0 amide bonds. The standard InChI is InChI=1S/C6H10N2S/c1-4(7)6-3-9-5(2)8-6/h3-4H,7H2,1-2H3/t4-/m0/s1. The van der Waals surface area contributed by atoms with Crippen LogP contribution in [0.2, 0.25) is 0 Å². The first-order valence-electron chi connectivity index (χ1n) is 2.88. The summed E-state index contributed by atoms with van der Waals surface area (Å²) in [7, 11) is 0. The van der Waals surface area contributed by atoms with E-state index in [1.54, 1.807) is 11.3 Å². The molecule has 0 aromatic carbocycles. The van der Waals surface area contributed by atoms with Crippen LogP contribution >= 0.6 is 11.3 Å². The molecule has 1 aromatic rings.